The Labute approximate surface area is 116 Å². The quantitative estimate of drug-likeness (QED) is 0.624. The number of rotatable bonds is 4. The van der Waals surface area contributed by atoms with Gasteiger partial charge in [0.05, 0.1) is 13.1 Å². The van der Waals surface area contributed by atoms with E-state index < -0.39 is 5.63 Å². The van der Waals surface area contributed by atoms with E-state index in [-0.39, 0.29) is 19.0 Å². The van der Waals surface area contributed by atoms with E-state index in [0.29, 0.717) is 11.1 Å². The van der Waals surface area contributed by atoms with Crippen LogP contribution >= 0.6 is 0 Å². The van der Waals surface area contributed by atoms with Gasteiger partial charge in [-0.05, 0) is 17.7 Å². The zero-order chi connectivity index (χ0) is 14.7. The normalized spacial score (nSPS) is 10.6. The number of nitrogens with zero attached hydrogens (tertiary/aromatic N) is 1. The van der Waals surface area contributed by atoms with Gasteiger partial charge in [0.25, 0.3) is 0 Å². The lowest BCUT2D eigenvalue weighted by Gasteiger charge is -2.13. The van der Waals surface area contributed by atoms with Crippen molar-refractivity contribution in [2.45, 2.75) is 6.42 Å². The van der Waals surface area contributed by atoms with Crippen molar-refractivity contribution in [2.24, 2.45) is 5.73 Å². The number of nitrogens with one attached hydrogen (secondary N) is 1. The van der Waals surface area contributed by atoms with E-state index in [2.05, 4.69) is 5.32 Å². The third-order valence-electron chi connectivity index (χ3n) is 2.98. The van der Waals surface area contributed by atoms with Crippen molar-refractivity contribution in [3.8, 4) is 0 Å². The van der Waals surface area contributed by atoms with Crippen LogP contribution in [0.3, 0.4) is 0 Å². The second kappa shape index (κ2) is 5.75. The maximum atomic E-state index is 11.6. The molecule has 6 heteroatoms. The molecule has 3 N–H and O–H groups in total. The van der Waals surface area contributed by atoms with E-state index in [1.54, 1.807) is 6.07 Å². The molecule has 0 atom stereocenters. The van der Waals surface area contributed by atoms with Gasteiger partial charge in [0.2, 0.25) is 5.91 Å². The molecular weight excluding hydrogens is 258 g/mol. The summed E-state index contributed by atoms with van der Waals surface area (Å²) in [6.45, 7) is 0.0724. The smallest absolute Gasteiger partial charge is 0.336 e. The van der Waals surface area contributed by atoms with Crippen LogP contribution in [0.4, 0.5) is 5.69 Å². The number of fused-ring (bicyclic) bond motifs is 1. The van der Waals surface area contributed by atoms with Crippen LogP contribution in [-0.2, 0) is 11.2 Å². The zero-order valence-electron chi connectivity index (χ0n) is 11.5. The van der Waals surface area contributed by atoms with Crippen LogP contribution in [0.2, 0.25) is 0 Å². The van der Waals surface area contributed by atoms with Gasteiger partial charge in [0.1, 0.15) is 5.58 Å². The molecule has 1 aromatic heterocycles. The largest absolute Gasteiger partial charge is 0.423 e. The highest BCUT2D eigenvalue weighted by molar-refractivity contribution is 5.88. The molecule has 1 heterocycles. The minimum absolute atomic E-state index is 0.0724. The Balaban J connectivity index is 2.49. The first-order valence-electron chi connectivity index (χ1n) is 6.22. The molecule has 1 aromatic carbocycles. The predicted octanol–water partition coefficient (Wildman–Crippen LogP) is 0.434. The average Bonchev–Trinajstić information content (AvgIpc) is 2.37. The minimum Gasteiger partial charge on any atom is -0.423 e. The standard InChI is InChI=1S/C14H17N3O3/c1-17(2)10-3-4-11-9(5-13(18)16-8-15)6-14(19)20-12(11)7-10/h3-4,6-7H,5,8,15H2,1-2H3,(H,16,18). The van der Waals surface area contributed by atoms with Crippen molar-refractivity contribution in [2.75, 3.05) is 25.7 Å². The summed E-state index contributed by atoms with van der Waals surface area (Å²) in [4.78, 5) is 25.1. The van der Waals surface area contributed by atoms with E-state index in [1.807, 2.05) is 31.1 Å². The molecular formula is C14H17N3O3. The summed E-state index contributed by atoms with van der Waals surface area (Å²) in [5.41, 5.74) is 6.82. The van der Waals surface area contributed by atoms with Gasteiger partial charge in [0.15, 0.2) is 0 Å². The second-order valence-electron chi connectivity index (χ2n) is 4.65. The Bertz CT molecular complexity index is 692. The number of carbonyl (C=O) groups excluding carboxylic acids is 1. The summed E-state index contributed by atoms with van der Waals surface area (Å²) in [6.07, 6.45) is 0.0978. The van der Waals surface area contributed by atoms with E-state index in [4.69, 9.17) is 10.2 Å². The summed E-state index contributed by atoms with van der Waals surface area (Å²) in [5, 5.41) is 3.26. The summed E-state index contributed by atoms with van der Waals surface area (Å²) < 4.78 is 5.20. The van der Waals surface area contributed by atoms with Gasteiger partial charge in [-0.2, -0.15) is 0 Å². The maximum Gasteiger partial charge on any atom is 0.336 e. The molecule has 2 rings (SSSR count). The molecule has 0 fully saturated rings. The van der Waals surface area contributed by atoms with Crippen molar-refractivity contribution in [3.63, 3.8) is 0 Å². The first kappa shape index (κ1) is 14.1. The second-order valence-corrected chi connectivity index (χ2v) is 4.65. The monoisotopic (exact) mass is 275 g/mol. The molecule has 0 saturated heterocycles. The highest BCUT2D eigenvalue weighted by Crippen LogP contribution is 2.22. The Hall–Kier alpha value is -2.34. The highest BCUT2D eigenvalue weighted by Gasteiger charge is 2.10. The molecule has 0 spiro atoms. The van der Waals surface area contributed by atoms with Gasteiger partial charge < -0.3 is 20.4 Å². The van der Waals surface area contributed by atoms with Crippen LogP contribution in [-0.4, -0.2) is 26.7 Å². The van der Waals surface area contributed by atoms with E-state index in [9.17, 15) is 9.59 Å². The van der Waals surface area contributed by atoms with Crippen LogP contribution in [0.1, 0.15) is 5.56 Å². The Morgan fingerprint density at radius 3 is 2.75 bits per heavy atom. The Kier molecular flexibility index (Phi) is 4.05. The summed E-state index contributed by atoms with van der Waals surface area (Å²) in [5.74, 6) is -0.226. The van der Waals surface area contributed by atoms with Crippen LogP contribution in [0, 0.1) is 0 Å². The molecule has 106 valence electrons. The highest BCUT2D eigenvalue weighted by atomic mass is 16.4. The molecule has 0 radical (unpaired) electrons. The van der Waals surface area contributed by atoms with Crippen molar-refractivity contribution in [1.29, 1.82) is 0 Å². The molecule has 6 nitrogen and oxygen atoms in total. The summed E-state index contributed by atoms with van der Waals surface area (Å²) >= 11 is 0. The number of nitrogens with two attached hydrogens (primary N) is 1. The number of hydrogen-bond donors (Lipinski definition) is 2. The van der Waals surface area contributed by atoms with E-state index in [0.717, 1.165) is 11.1 Å². The van der Waals surface area contributed by atoms with Crippen LogP contribution in [0.15, 0.2) is 33.5 Å². The number of hydrogen-bond acceptors (Lipinski definition) is 5. The molecule has 0 aliphatic heterocycles. The van der Waals surface area contributed by atoms with Crippen molar-refractivity contribution < 1.29 is 9.21 Å². The molecule has 0 unspecified atom stereocenters. The first-order chi connectivity index (χ1) is 9.51. The van der Waals surface area contributed by atoms with Gasteiger partial charge >= 0.3 is 5.63 Å². The summed E-state index contributed by atoms with van der Waals surface area (Å²) in [6, 6.07) is 6.88. The number of carbonyl (C=O) groups is 1. The molecule has 20 heavy (non-hydrogen) atoms. The van der Waals surface area contributed by atoms with Crippen LogP contribution in [0.5, 0.6) is 0 Å². The lowest BCUT2D eigenvalue weighted by atomic mass is 10.1. The van der Waals surface area contributed by atoms with E-state index >= 15 is 0 Å². The third-order valence-corrected chi connectivity index (χ3v) is 2.98. The van der Waals surface area contributed by atoms with Crippen molar-refractivity contribution >= 4 is 22.6 Å². The minimum atomic E-state index is -0.469. The first-order valence-corrected chi connectivity index (χ1v) is 6.22. The average molecular weight is 275 g/mol. The molecule has 0 aliphatic rings. The lowest BCUT2D eigenvalue weighted by Crippen LogP contribution is -2.30. The molecule has 0 saturated carbocycles. The SMILES string of the molecule is CN(C)c1ccc2c(CC(=O)NCN)cc(=O)oc2c1. The fourth-order valence-corrected chi connectivity index (χ4v) is 1.99. The van der Waals surface area contributed by atoms with Gasteiger partial charge in [-0.1, -0.05) is 0 Å². The lowest BCUT2D eigenvalue weighted by molar-refractivity contribution is -0.120. The number of amides is 1. The number of benzene rings is 1. The van der Waals surface area contributed by atoms with Gasteiger partial charge in [0, 0.05) is 37.3 Å². The van der Waals surface area contributed by atoms with Gasteiger partial charge in [-0.15, -0.1) is 0 Å². The fraction of sp³-hybridized carbons (Fsp3) is 0.286. The predicted molar refractivity (Wildman–Crippen MR) is 77.7 cm³/mol. The van der Waals surface area contributed by atoms with E-state index in [1.165, 1.54) is 6.07 Å². The Morgan fingerprint density at radius 1 is 1.35 bits per heavy atom. The molecule has 0 aliphatic carbocycles. The molecule has 1 amide bonds. The number of anilines is 1. The third kappa shape index (κ3) is 2.97. The van der Waals surface area contributed by atoms with Gasteiger partial charge in [-0.25, -0.2) is 4.79 Å². The van der Waals surface area contributed by atoms with Crippen molar-refractivity contribution in [1.82, 2.24) is 5.32 Å². The maximum absolute atomic E-state index is 11.6. The topological polar surface area (TPSA) is 88.6 Å². The zero-order valence-corrected chi connectivity index (χ0v) is 11.5. The molecule has 0 bridgehead atoms. The van der Waals surface area contributed by atoms with Crippen LogP contribution in [0.25, 0.3) is 11.0 Å². The fourth-order valence-electron chi connectivity index (χ4n) is 1.99. The summed E-state index contributed by atoms with van der Waals surface area (Å²) in [7, 11) is 3.80. The Morgan fingerprint density at radius 2 is 2.10 bits per heavy atom. The molecule has 2 aromatic rings. The van der Waals surface area contributed by atoms with Gasteiger partial charge in [-0.3, -0.25) is 4.79 Å². The van der Waals surface area contributed by atoms with Crippen LogP contribution < -0.4 is 21.6 Å². The van der Waals surface area contributed by atoms with Crippen molar-refractivity contribution in [3.05, 3.63) is 40.2 Å².